The summed E-state index contributed by atoms with van der Waals surface area (Å²) in [5.41, 5.74) is -0.450. The highest BCUT2D eigenvalue weighted by Crippen LogP contribution is 2.33. The minimum atomic E-state index is -4.07. The van der Waals surface area contributed by atoms with Crippen molar-refractivity contribution in [2.45, 2.75) is 29.1 Å². The highest BCUT2D eigenvalue weighted by molar-refractivity contribution is 7.91. The third-order valence-corrected chi connectivity index (χ3v) is 5.66. The van der Waals surface area contributed by atoms with Gasteiger partial charge in [0.05, 0.1) is 11.5 Å². The van der Waals surface area contributed by atoms with Gasteiger partial charge in [0.15, 0.2) is 0 Å². The van der Waals surface area contributed by atoms with Crippen molar-refractivity contribution in [2.75, 3.05) is 20.2 Å². The number of ether oxygens (including phenoxy) is 1. The normalized spacial score (nSPS) is 10.9. The van der Waals surface area contributed by atoms with Gasteiger partial charge in [-0.25, -0.2) is 8.42 Å². The van der Waals surface area contributed by atoms with Crippen LogP contribution < -0.4 is 10.1 Å². The molecule has 1 N–H and O–H groups in total. The lowest BCUT2D eigenvalue weighted by molar-refractivity contribution is -0.387. The van der Waals surface area contributed by atoms with Gasteiger partial charge >= 0.3 is 0 Å². The van der Waals surface area contributed by atoms with Gasteiger partial charge in [-0.1, -0.05) is 24.3 Å². The molecule has 0 amide bonds. The zero-order chi connectivity index (χ0) is 19.0. The molecule has 0 fully saturated rings. The molecule has 0 aliphatic carbocycles. The van der Waals surface area contributed by atoms with Crippen molar-refractivity contribution in [3.63, 3.8) is 0 Å². The molecule has 9 heteroatoms. The number of nitrogens with zero attached hydrogens (tertiary/aromatic N) is 1. The van der Waals surface area contributed by atoms with Gasteiger partial charge in [-0.05, 0) is 51.1 Å². The van der Waals surface area contributed by atoms with Gasteiger partial charge in [0.1, 0.15) is 15.5 Å². The number of rotatable bonds is 10. The summed E-state index contributed by atoms with van der Waals surface area (Å²) in [5, 5.41) is 14.2. The molecule has 2 rings (SSSR count). The highest BCUT2D eigenvalue weighted by Gasteiger charge is 2.29. The second-order valence-corrected chi connectivity index (χ2v) is 7.57. The maximum absolute atomic E-state index is 13.0. The Kier molecular flexibility index (Phi) is 9.20. The molecule has 27 heavy (non-hydrogen) atoms. The SMILES string of the molecule is CNCCCCCOc1ccccc1S(=O)(=O)c1ccccc1[N+](=O)[O-].Cl. The monoisotopic (exact) mass is 414 g/mol. The molecule has 0 aromatic heterocycles. The molecular formula is C18H23ClN2O5S. The predicted molar refractivity (Wildman–Crippen MR) is 106 cm³/mol. The van der Waals surface area contributed by atoms with Crippen LogP contribution in [0.1, 0.15) is 19.3 Å². The maximum Gasteiger partial charge on any atom is 0.288 e. The summed E-state index contributed by atoms with van der Waals surface area (Å²) in [6, 6.07) is 11.5. The number of nitro benzene ring substituents is 1. The second-order valence-electron chi connectivity index (χ2n) is 5.69. The van der Waals surface area contributed by atoms with Gasteiger partial charge in [-0.15, -0.1) is 12.4 Å². The van der Waals surface area contributed by atoms with Gasteiger partial charge in [-0.2, -0.15) is 0 Å². The van der Waals surface area contributed by atoms with Crippen molar-refractivity contribution in [3.05, 3.63) is 58.6 Å². The summed E-state index contributed by atoms with van der Waals surface area (Å²) in [7, 11) is -2.18. The number of hydrogen-bond donors (Lipinski definition) is 1. The van der Waals surface area contributed by atoms with Crippen LogP contribution in [0.4, 0.5) is 5.69 Å². The van der Waals surface area contributed by atoms with Crippen LogP contribution >= 0.6 is 12.4 Å². The van der Waals surface area contributed by atoms with E-state index >= 15 is 0 Å². The third-order valence-electron chi connectivity index (χ3n) is 3.82. The Bertz CT molecular complexity index is 858. The number of nitrogens with one attached hydrogen (secondary N) is 1. The lowest BCUT2D eigenvalue weighted by Gasteiger charge is -2.12. The van der Waals surface area contributed by atoms with Gasteiger partial charge in [-0.3, -0.25) is 10.1 Å². The first-order valence-corrected chi connectivity index (χ1v) is 9.81. The van der Waals surface area contributed by atoms with Crippen molar-refractivity contribution in [3.8, 4) is 5.75 Å². The van der Waals surface area contributed by atoms with Gasteiger partial charge in [0.25, 0.3) is 5.69 Å². The van der Waals surface area contributed by atoms with Crippen molar-refractivity contribution in [1.29, 1.82) is 0 Å². The number of para-hydroxylation sites is 2. The Morgan fingerprint density at radius 1 is 1.00 bits per heavy atom. The second kappa shape index (κ2) is 10.9. The van der Waals surface area contributed by atoms with Crippen molar-refractivity contribution in [1.82, 2.24) is 5.32 Å². The fourth-order valence-electron chi connectivity index (χ4n) is 2.51. The minimum absolute atomic E-state index is 0. The van der Waals surface area contributed by atoms with Gasteiger partial charge in [0.2, 0.25) is 9.84 Å². The highest BCUT2D eigenvalue weighted by atomic mass is 35.5. The molecule has 0 aliphatic rings. The quantitative estimate of drug-likeness (QED) is 0.362. The first kappa shape index (κ1) is 22.9. The molecule has 2 aromatic carbocycles. The molecule has 0 atom stereocenters. The molecular weight excluding hydrogens is 392 g/mol. The minimum Gasteiger partial charge on any atom is -0.492 e. The molecule has 0 bridgehead atoms. The molecule has 0 unspecified atom stereocenters. The van der Waals surface area contributed by atoms with E-state index in [0.717, 1.165) is 25.8 Å². The van der Waals surface area contributed by atoms with Crippen molar-refractivity contribution in [2.24, 2.45) is 0 Å². The van der Waals surface area contributed by atoms with Crippen LogP contribution in [-0.4, -0.2) is 33.5 Å². The molecule has 0 heterocycles. The Hall–Kier alpha value is -2.16. The molecule has 0 radical (unpaired) electrons. The van der Waals surface area contributed by atoms with Crippen LogP contribution in [-0.2, 0) is 9.84 Å². The van der Waals surface area contributed by atoms with Crippen molar-refractivity contribution >= 4 is 27.9 Å². The molecule has 0 saturated heterocycles. The first-order chi connectivity index (χ1) is 12.5. The van der Waals surface area contributed by atoms with Crippen LogP contribution in [0.3, 0.4) is 0 Å². The molecule has 148 valence electrons. The van der Waals surface area contributed by atoms with E-state index in [4.69, 9.17) is 4.74 Å². The van der Waals surface area contributed by atoms with E-state index in [1.165, 1.54) is 30.3 Å². The van der Waals surface area contributed by atoms with Crippen LogP contribution in [0.5, 0.6) is 5.75 Å². The number of halogens is 1. The molecule has 0 saturated carbocycles. The number of sulfone groups is 1. The van der Waals surface area contributed by atoms with Crippen LogP contribution in [0.15, 0.2) is 58.3 Å². The predicted octanol–water partition coefficient (Wildman–Crippen LogP) is 3.62. The molecule has 0 spiro atoms. The first-order valence-electron chi connectivity index (χ1n) is 8.33. The van der Waals surface area contributed by atoms with E-state index < -0.39 is 20.4 Å². The summed E-state index contributed by atoms with van der Waals surface area (Å²) in [5.74, 6) is 0.208. The van der Waals surface area contributed by atoms with Crippen molar-refractivity contribution < 1.29 is 18.1 Å². The lowest BCUT2D eigenvalue weighted by atomic mass is 10.2. The topological polar surface area (TPSA) is 98.5 Å². The Morgan fingerprint density at radius 2 is 1.63 bits per heavy atom. The van der Waals surface area contributed by atoms with E-state index in [9.17, 15) is 18.5 Å². The average Bonchev–Trinajstić information content (AvgIpc) is 2.65. The van der Waals surface area contributed by atoms with Gasteiger partial charge in [0, 0.05) is 6.07 Å². The Balaban J connectivity index is 0.00000364. The van der Waals surface area contributed by atoms with Crippen LogP contribution in [0.25, 0.3) is 0 Å². The molecule has 7 nitrogen and oxygen atoms in total. The van der Waals surface area contributed by atoms with E-state index in [1.54, 1.807) is 18.2 Å². The number of nitro groups is 1. The smallest absolute Gasteiger partial charge is 0.288 e. The van der Waals surface area contributed by atoms with E-state index in [2.05, 4.69) is 5.32 Å². The summed E-state index contributed by atoms with van der Waals surface area (Å²) < 4.78 is 31.6. The molecule has 2 aromatic rings. The maximum atomic E-state index is 13.0. The fourth-order valence-corrected chi connectivity index (χ4v) is 4.07. The average molecular weight is 415 g/mol. The number of benzene rings is 2. The largest absolute Gasteiger partial charge is 0.492 e. The standard InChI is InChI=1S/C18H22N2O5S.ClH/c1-19-13-7-2-8-14-25-16-10-4-6-12-18(16)26(23,24)17-11-5-3-9-15(17)20(21)22;/h3-6,9-12,19H,2,7-8,13-14H2,1H3;1H. The van der Waals surface area contributed by atoms with Crippen LogP contribution in [0, 0.1) is 10.1 Å². The molecule has 0 aliphatic heterocycles. The summed E-state index contributed by atoms with van der Waals surface area (Å²) in [6.07, 6.45) is 2.76. The van der Waals surface area contributed by atoms with E-state index in [-0.39, 0.29) is 27.9 Å². The summed E-state index contributed by atoms with van der Waals surface area (Å²) >= 11 is 0. The zero-order valence-electron chi connectivity index (χ0n) is 15.0. The summed E-state index contributed by atoms with van der Waals surface area (Å²) in [6.45, 7) is 1.30. The Morgan fingerprint density at radius 3 is 2.30 bits per heavy atom. The number of unbranched alkanes of at least 4 members (excludes halogenated alkanes) is 2. The zero-order valence-corrected chi connectivity index (χ0v) is 16.6. The van der Waals surface area contributed by atoms with E-state index in [1.807, 2.05) is 7.05 Å². The van der Waals surface area contributed by atoms with E-state index in [0.29, 0.717) is 6.61 Å². The van der Waals surface area contributed by atoms with Crippen LogP contribution in [0.2, 0.25) is 0 Å². The summed E-state index contributed by atoms with van der Waals surface area (Å²) in [4.78, 5) is 10.1. The third kappa shape index (κ3) is 5.92. The number of hydrogen-bond acceptors (Lipinski definition) is 6. The fraction of sp³-hybridized carbons (Fsp3) is 0.333. The Labute approximate surface area is 165 Å². The van der Waals surface area contributed by atoms with Gasteiger partial charge < -0.3 is 10.1 Å². The lowest BCUT2D eigenvalue weighted by Crippen LogP contribution is -2.09.